The molecule has 2 aliphatic rings. The second kappa shape index (κ2) is 5.94. The number of para-hydroxylation sites is 2. The number of hydrogen-bond donors (Lipinski definition) is 2. The zero-order chi connectivity index (χ0) is 16.7. The van der Waals surface area contributed by atoms with Gasteiger partial charge in [-0.1, -0.05) is 12.1 Å². The van der Waals surface area contributed by atoms with E-state index in [4.69, 9.17) is 10.1 Å². The smallest absolute Gasteiger partial charge is 0.148 e. The predicted molar refractivity (Wildman–Crippen MR) is 93.2 cm³/mol. The van der Waals surface area contributed by atoms with Crippen LogP contribution in [0.4, 0.5) is 0 Å². The second-order valence-electron chi connectivity index (χ2n) is 6.35. The fourth-order valence-corrected chi connectivity index (χ4v) is 3.65. The SMILES string of the molecule is CCn1c(C2=C(O)CN(CC3CCCO3)C2=N)nc2ccccc21. The molecule has 24 heavy (non-hydrogen) atoms. The number of aromatic nitrogens is 2. The molecule has 4 rings (SSSR count). The summed E-state index contributed by atoms with van der Waals surface area (Å²) >= 11 is 0. The summed E-state index contributed by atoms with van der Waals surface area (Å²) in [5.74, 6) is 1.24. The van der Waals surface area contributed by atoms with E-state index in [0.29, 0.717) is 30.3 Å². The third-order valence-electron chi connectivity index (χ3n) is 4.82. The molecule has 1 atom stereocenters. The van der Waals surface area contributed by atoms with Crippen molar-refractivity contribution in [1.29, 1.82) is 5.41 Å². The van der Waals surface area contributed by atoms with Crippen molar-refractivity contribution < 1.29 is 9.84 Å². The Morgan fingerprint density at radius 2 is 2.21 bits per heavy atom. The molecule has 1 fully saturated rings. The number of amidine groups is 1. The number of aliphatic hydroxyl groups is 1. The molecule has 0 radical (unpaired) electrons. The van der Waals surface area contributed by atoms with Crippen molar-refractivity contribution in [2.45, 2.75) is 32.4 Å². The van der Waals surface area contributed by atoms with Gasteiger partial charge in [0.2, 0.25) is 0 Å². The Balaban J connectivity index is 1.68. The van der Waals surface area contributed by atoms with Crippen molar-refractivity contribution in [1.82, 2.24) is 14.5 Å². The number of ether oxygens (including phenoxy) is 1. The van der Waals surface area contributed by atoms with Gasteiger partial charge in [0.1, 0.15) is 17.4 Å². The molecular weight excluding hydrogens is 304 g/mol. The molecule has 0 saturated carbocycles. The lowest BCUT2D eigenvalue weighted by Crippen LogP contribution is -2.34. The predicted octanol–water partition coefficient (Wildman–Crippen LogP) is 2.80. The van der Waals surface area contributed by atoms with E-state index in [1.807, 2.05) is 29.2 Å². The van der Waals surface area contributed by atoms with Crippen LogP contribution in [0.1, 0.15) is 25.6 Å². The summed E-state index contributed by atoms with van der Waals surface area (Å²) < 4.78 is 7.73. The largest absolute Gasteiger partial charge is 0.510 e. The Hall–Kier alpha value is -2.34. The van der Waals surface area contributed by atoms with Gasteiger partial charge in [0.05, 0.1) is 29.3 Å². The lowest BCUT2D eigenvalue weighted by atomic mass is 10.2. The molecule has 1 aromatic carbocycles. The molecule has 0 spiro atoms. The highest BCUT2D eigenvalue weighted by Crippen LogP contribution is 2.30. The van der Waals surface area contributed by atoms with Crippen LogP contribution in [0, 0.1) is 5.41 Å². The number of fused-ring (bicyclic) bond motifs is 1. The zero-order valence-corrected chi connectivity index (χ0v) is 13.8. The molecule has 2 N–H and O–H groups in total. The van der Waals surface area contributed by atoms with Gasteiger partial charge in [-0.2, -0.15) is 0 Å². The topological polar surface area (TPSA) is 74.4 Å². The number of aryl methyl sites for hydroxylation is 1. The van der Waals surface area contributed by atoms with Crippen molar-refractivity contribution in [2.24, 2.45) is 0 Å². The average molecular weight is 326 g/mol. The van der Waals surface area contributed by atoms with Gasteiger partial charge in [-0.05, 0) is 31.9 Å². The van der Waals surface area contributed by atoms with Gasteiger partial charge in [-0.3, -0.25) is 5.41 Å². The van der Waals surface area contributed by atoms with Crippen LogP contribution in [0.5, 0.6) is 0 Å². The third kappa shape index (κ3) is 2.38. The maximum absolute atomic E-state index is 10.5. The molecule has 0 amide bonds. The maximum atomic E-state index is 10.5. The van der Waals surface area contributed by atoms with Crippen LogP contribution in [0.2, 0.25) is 0 Å². The Morgan fingerprint density at radius 1 is 1.38 bits per heavy atom. The van der Waals surface area contributed by atoms with Crippen molar-refractivity contribution in [2.75, 3.05) is 19.7 Å². The fourth-order valence-electron chi connectivity index (χ4n) is 3.65. The molecule has 2 aromatic rings. The molecule has 6 heteroatoms. The van der Waals surface area contributed by atoms with E-state index in [0.717, 1.165) is 37.0 Å². The number of nitrogens with zero attached hydrogens (tertiary/aromatic N) is 3. The van der Waals surface area contributed by atoms with Gasteiger partial charge in [0, 0.05) is 19.7 Å². The van der Waals surface area contributed by atoms with E-state index in [9.17, 15) is 5.11 Å². The lowest BCUT2D eigenvalue weighted by molar-refractivity contribution is 0.0924. The molecule has 0 bridgehead atoms. The Bertz CT molecular complexity index is 818. The number of rotatable bonds is 4. The first kappa shape index (κ1) is 15.2. The molecular formula is C18H22N4O2. The molecule has 1 saturated heterocycles. The third-order valence-corrected chi connectivity index (χ3v) is 4.82. The maximum Gasteiger partial charge on any atom is 0.148 e. The number of benzene rings is 1. The molecule has 3 heterocycles. The molecule has 1 aromatic heterocycles. The Morgan fingerprint density at radius 3 is 2.96 bits per heavy atom. The van der Waals surface area contributed by atoms with Gasteiger partial charge in [-0.25, -0.2) is 4.98 Å². The minimum Gasteiger partial charge on any atom is -0.510 e. The first-order valence-corrected chi connectivity index (χ1v) is 8.52. The van der Waals surface area contributed by atoms with Crippen LogP contribution in [0.3, 0.4) is 0 Å². The van der Waals surface area contributed by atoms with E-state index < -0.39 is 0 Å². The number of imidazole rings is 1. The van der Waals surface area contributed by atoms with E-state index in [-0.39, 0.29) is 11.9 Å². The fraction of sp³-hybridized carbons (Fsp3) is 0.444. The van der Waals surface area contributed by atoms with Gasteiger partial charge in [0.15, 0.2) is 0 Å². The van der Waals surface area contributed by atoms with Crippen molar-refractivity contribution in [3.63, 3.8) is 0 Å². The minimum atomic E-state index is 0.155. The minimum absolute atomic E-state index is 0.155. The van der Waals surface area contributed by atoms with E-state index >= 15 is 0 Å². The summed E-state index contributed by atoms with van der Waals surface area (Å²) in [7, 11) is 0. The highest BCUT2D eigenvalue weighted by Gasteiger charge is 2.33. The Kier molecular flexibility index (Phi) is 3.76. The summed E-state index contributed by atoms with van der Waals surface area (Å²) in [5.41, 5.74) is 2.46. The summed E-state index contributed by atoms with van der Waals surface area (Å²) in [5, 5.41) is 19.0. The van der Waals surface area contributed by atoms with Gasteiger partial charge in [-0.15, -0.1) is 0 Å². The summed E-state index contributed by atoms with van der Waals surface area (Å²) in [6, 6.07) is 7.93. The number of nitrogens with one attached hydrogen (secondary N) is 1. The molecule has 0 aliphatic carbocycles. The number of aliphatic hydroxyl groups excluding tert-OH is 1. The number of hydrogen-bond acceptors (Lipinski definition) is 4. The van der Waals surface area contributed by atoms with Crippen molar-refractivity contribution in [3.05, 3.63) is 35.8 Å². The summed E-state index contributed by atoms with van der Waals surface area (Å²) in [6.07, 6.45) is 2.25. The Labute approximate surface area is 140 Å². The highest BCUT2D eigenvalue weighted by atomic mass is 16.5. The van der Waals surface area contributed by atoms with E-state index in [2.05, 4.69) is 16.5 Å². The average Bonchev–Trinajstić information content (AvgIpc) is 3.26. The van der Waals surface area contributed by atoms with Crippen LogP contribution in [0.15, 0.2) is 30.0 Å². The van der Waals surface area contributed by atoms with E-state index in [1.54, 1.807) is 0 Å². The summed E-state index contributed by atoms with van der Waals surface area (Å²) in [6.45, 7) is 4.60. The van der Waals surface area contributed by atoms with Gasteiger partial charge >= 0.3 is 0 Å². The van der Waals surface area contributed by atoms with Crippen molar-refractivity contribution in [3.8, 4) is 0 Å². The standard InChI is InChI=1S/C18H22N4O2/c1-2-22-14-8-4-3-7-13(14)20-18(22)16-15(23)11-21(17(16)19)10-12-6-5-9-24-12/h3-4,7-8,12,19,23H,2,5-6,9-11H2,1H3. The summed E-state index contributed by atoms with van der Waals surface area (Å²) in [4.78, 5) is 6.57. The molecule has 2 aliphatic heterocycles. The molecule has 1 unspecified atom stereocenters. The van der Waals surface area contributed by atoms with Crippen molar-refractivity contribution >= 4 is 22.4 Å². The normalized spacial score (nSPS) is 21.5. The van der Waals surface area contributed by atoms with Gasteiger partial charge < -0.3 is 19.3 Å². The zero-order valence-electron chi connectivity index (χ0n) is 13.8. The molecule has 6 nitrogen and oxygen atoms in total. The molecule has 126 valence electrons. The van der Waals surface area contributed by atoms with Crippen LogP contribution >= 0.6 is 0 Å². The monoisotopic (exact) mass is 326 g/mol. The second-order valence-corrected chi connectivity index (χ2v) is 6.35. The lowest BCUT2D eigenvalue weighted by Gasteiger charge is -2.22. The van der Waals surface area contributed by atoms with Gasteiger partial charge in [0.25, 0.3) is 0 Å². The quantitative estimate of drug-likeness (QED) is 0.906. The van der Waals surface area contributed by atoms with Crippen LogP contribution < -0.4 is 0 Å². The first-order valence-electron chi connectivity index (χ1n) is 8.52. The van der Waals surface area contributed by atoms with Crippen LogP contribution in [-0.4, -0.2) is 51.2 Å². The van der Waals surface area contributed by atoms with Crippen LogP contribution in [0.25, 0.3) is 16.6 Å². The van der Waals surface area contributed by atoms with E-state index in [1.165, 1.54) is 0 Å². The van der Waals surface area contributed by atoms with Crippen LogP contribution in [-0.2, 0) is 11.3 Å². The first-order chi connectivity index (χ1) is 11.7. The highest BCUT2D eigenvalue weighted by molar-refractivity contribution is 6.23.